The molecule has 0 saturated heterocycles. The van der Waals surface area contributed by atoms with Crippen LogP contribution >= 0.6 is 0 Å². The van der Waals surface area contributed by atoms with Crippen LogP contribution in [0.15, 0.2) is 0 Å². The van der Waals surface area contributed by atoms with E-state index in [2.05, 4.69) is 31.9 Å². The van der Waals surface area contributed by atoms with Crippen LogP contribution in [0.5, 0.6) is 0 Å². The third kappa shape index (κ3) is 4.94. The number of esters is 1. The van der Waals surface area contributed by atoms with E-state index in [9.17, 15) is 18.3 Å². The summed E-state index contributed by atoms with van der Waals surface area (Å²) in [5.74, 6) is 2.37. The number of fused-ring (bicyclic) bond motifs is 5. The quantitative estimate of drug-likeness (QED) is 0.362. The number of ether oxygens (including phenoxy) is 1. The Bertz CT molecular complexity index is 890. The van der Waals surface area contributed by atoms with Crippen molar-refractivity contribution in [2.75, 3.05) is 6.61 Å². The summed E-state index contributed by atoms with van der Waals surface area (Å²) >= 11 is 0. The van der Waals surface area contributed by atoms with E-state index in [0.717, 1.165) is 51.4 Å². The Balaban J connectivity index is 1.54. The molecule has 8 heteroatoms. The molecule has 0 radical (unpaired) electrons. The smallest absolute Gasteiger partial charge is 0.397 e. The average Bonchev–Trinajstić information content (AvgIpc) is 3.11. The van der Waals surface area contributed by atoms with Gasteiger partial charge in [0.1, 0.15) is 6.10 Å². The van der Waals surface area contributed by atoms with E-state index >= 15 is 0 Å². The van der Waals surface area contributed by atoms with E-state index < -0.39 is 10.4 Å². The Kier molecular flexibility index (Phi) is 7.72. The van der Waals surface area contributed by atoms with Gasteiger partial charge in [0.15, 0.2) is 0 Å². The molecule has 2 N–H and O–H groups in total. The zero-order chi connectivity index (χ0) is 25.8. The molecule has 0 aromatic heterocycles. The highest BCUT2D eigenvalue weighted by Gasteiger charge is 2.65. The number of aliphatic hydroxyl groups is 1. The van der Waals surface area contributed by atoms with Crippen molar-refractivity contribution in [2.45, 2.75) is 105 Å². The minimum Gasteiger partial charge on any atom is -0.463 e. The van der Waals surface area contributed by atoms with Gasteiger partial charge in [0, 0.05) is 6.92 Å². The number of carbonyl (C=O) groups is 1. The average molecular weight is 515 g/mol. The van der Waals surface area contributed by atoms with Gasteiger partial charge in [-0.15, -0.1) is 0 Å². The van der Waals surface area contributed by atoms with Crippen molar-refractivity contribution in [1.29, 1.82) is 0 Å². The Morgan fingerprint density at radius 3 is 2.34 bits per heavy atom. The van der Waals surface area contributed by atoms with E-state index in [1.54, 1.807) is 0 Å². The van der Waals surface area contributed by atoms with Crippen molar-refractivity contribution in [3.05, 3.63) is 0 Å². The van der Waals surface area contributed by atoms with Crippen LogP contribution in [0.1, 0.15) is 92.4 Å². The standard InChI is InChI=1S/C27H46O7S/c1-6-19-23-15-18(34-17(3)28)9-12-27(23,5)22-10-13-26(4)20(7-8-21(26)24(22)25(19)29)16(2)11-14-33-35(30,31)32/h16,18-25,29H,6-15H2,1-5H3,(H,30,31,32)/t16-,18-,19-,20?,21?,22?,23?,24?,25-,26-,27-/m1/s1. The maximum atomic E-state index is 11.9. The van der Waals surface area contributed by atoms with Gasteiger partial charge in [-0.2, -0.15) is 8.42 Å². The van der Waals surface area contributed by atoms with Crippen LogP contribution in [0.25, 0.3) is 0 Å². The predicted octanol–water partition coefficient (Wildman–Crippen LogP) is 5.03. The monoisotopic (exact) mass is 514 g/mol. The molecular weight excluding hydrogens is 468 g/mol. The van der Waals surface area contributed by atoms with E-state index in [0.29, 0.717) is 30.1 Å². The fraction of sp³-hybridized carbons (Fsp3) is 0.963. The van der Waals surface area contributed by atoms with Gasteiger partial charge < -0.3 is 9.84 Å². The summed E-state index contributed by atoms with van der Waals surface area (Å²) in [4.78, 5) is 11.6. The summed E-state index contributed by atoms with van der Waals surface area (Å²) in [6, 6.07) is 0. The summed E-state index contributed by atoms with van der Waals surface area (Å²) in [5, 5.41) is 11.9. The first-order valence-corrected chi connectivity index (χ1v) is 15.2. The minimum absolute atomic E-state index is 0.00703. The SMILES string of the molecule is CC[C@@H]1C2C[C@H](OC(C)=O)CC[C@]2(C)C2CC[C@@]3(C)C(CCC3[C@H](C)CCOS(=O)(=O)O)C2[C@@H]1O. The molecule has 0 aromatic rings. The topological polar surface area (TPSA) is 110 Å². The lowest BCUT2D eigenvalue weighted by molar-refractivity contribution is -0.207. The summed E-state index contributed by atoms with van der Waals surface area (Å²) < 4.78 is 41.1. The molecule has 35 heavy (non-hydrogen) atoms. The Hall–Kier alpha value is -0.700. The summed E-state index contributed by atoms with van der Waals surface area (Å²) in [7, 11) is -4.40. The molecule has 4 saturated carbocycles. The Labute approximate surface area is 211 Å². The zero-order valence-electron chi connectivity index (χ0n) is 22.1. The molecule has 0 aromatic carbocycles. The second kappa shape index (κ2) is 9.88. The van der Waals surface area contributed by atoms with E-state index in [-0.39, 0.29) is 53.4 Å². The molecule has 0 aliphatic heterocycles. The third-order valence-electron chi connectivity index (χ3n) is 11.3. The second-order valence-electron chi connectivity index (χ2n) is 12.7. The van der Waals surface area contributed by atoms with Crippen molar-refractivity contribution in [2.24, 2.45) is 52.3 Å². The Morgan fingerprint density at radius 2 is 1.71 bits per heavy atom. The highest BCUT2D eigenvalue weighted by atomic mass is 32.3. The van der Waals surface area contributed by atoms with Gasteiger partial charge in [0.05, 0.1) is 12.7 Å². The molecular formula is C27H46O7S. The third-order valence-corrected chi connectivity index (χ3v) is 11.7. The number of hydrogen-bond donors (Lipinski definition) is 2. The molecule has 7 nitrogen and oxygen atoms in total. The van der Waals surface area contributed by atoms with Crippen LogP contribution in [0.3, 0.4) is 0 Å². The van der Waals surface area contributed by atoms with E-state index in [1.807, 2.05) is 0 Å². The highest BCUT2D eigenvalue weighted by Crippen LogP contribution is 2.69. The molecule has 0 heterocycles. The van der Waals surface area contributed by atoms with E-state index in [4.69, 9.17) is 9.29 Å². The molecule has 4 aliphatic carbocycles. The first-order valence-electron chi connectivity index (χ1n) is 13.8. The van der Waals surface area contributed by atoms with Crippen molar-refractivity contribution in [1.82, 2.24) is 0 Å². The van der Waals surface area contributed by atoms with Crippen LogP contribution in [0, 0.1) is 52.3 Å². The Morgan fingerprint density at radius 1 is 1.06 bits per heavy atom. The predicted molar refractivity (Wildman–Crippen MR) is 133 cm³/mol. The largest absolute Gasteiger partial charge is 0.463 e. The maximum absolute atomic E-state index is 11.9. The molecule has 4 rings (SSSR count). The summed E-state index contributed by atoms with van der Waals surface area (Å²) in [5.41, 5.74) is 0.283. The van der Waals surface area contributed by atoms with Gasteiger partial charge in [-0.3, -0.25) is 9.35 Å². The van der Waals surface area contributed by atoms with Crippen molar-refractivity contribution < 1.29 is 31.8 Å². The zero-order valence-corrected chi connectivity index (χ0v) is 22.9. The number of rotatable bonds is 7. The van der Waals surface area contributed by atoms with Gasteiger partial charge in [0.2, 0.25) is 0 Å². The molecule has 202 valence electrons. The number of carbonyl (C=O) groups excluding carboxylic acids is 1. The first kappa shape index (κ1) is 27.3. The maximum Gasteiger partial charge on any atom is 0.397 e. The fourth-order valence-corrected chi connectivity index (χ4v) is 10.1. The van der Waals surface area contributed by atoms with Gasteiger partial charge in [-0.1, -0.05) is 34.1 Å². The van der Waals surface area contributed by atoms with Gasteiger partial charge in [0.25, 0.3) is 0 Å². The van der Waals surface area contributed by atoms with Crippen LogP contribution < -0.4 is 0 Å². The highest BCUT2D eigenvalue weighted by molar-refractivity contribution is 7.80. The summed E-state index contributed by atoms with van der Waals surface area (Å²) in [6.45, 7) is 10.7. The number of aliphatic hydroxyl groups excluding tert-OH is 1. The normalized spacial score (nSPS) is 46.3. The van der Waals surface area contributed by atoms with Gasteiger partial charge in [-0.25, -0.2) is 4.18 Å². The van der Waals surface area contributed by atoms with Crippen LogP contribution in [0.4, 0.5) is 0 Å². The van der Waals surface area contributed by atoms with Crippen molar-refractivity contribution in [3.8, 4) is 0 Å². The lowest BCUT2D eigenvalue weighted by Gasteiger charge is -2.64. The van der Waals surface area contributed by atoms with Crippen LogP contribution in [-0.2, 0) is 24.1 Å². The van der Waals surface area contributed by atoms with Crippen molar-refractivity contribution >= 4 is 16.4 Å². The minimum atomic E-state index is -4.40. The first-order chi connectivity index (χ1) is 16.3. The summed E-state index contributed by atoms with van der Waals surface area (Å²) in [6.07, 6.45) is 8.45. The van der Waals surface area contributed by atoms with Gasteiger partial charge >= 0.3 is 16.4 Å². The van der Waals surface area contributed by atoms with Crippen LogP contribution in [0.2, 0.25) is 0 Å². The lowest BCUT2D eigenvalue weighted by atomic mass is 9.41. The van der Waals surface area contributed by atoms with Crippen molar-refractivity contribution in [3.63, 3.8) is 0 Å². The van der Waals surface area contributed by atoms with E-state index in [1.165, 1.54) is 6.92 Å². The van der Waals surface area contributed by atoms with Crippen LogP contribution in [-0.4, -0.2) is 42.9 Å². The number of hydrogen-bond acceptors (Lipinski definition) is 6. The molecule has 11 atom stereocenters. The molecule has 0 bridgehead atoms. The second-order valence-corrected chi connectivity index (χ2v) is 13.8. The fourth-order valence-electron chi connectivity index (χ4n) is 9.80. The van der Waals surface area contributed by atoms with Gasteiger partial charge in [-0.05, 0) is 104 Å². The molecule has 5 unspecified atom stereocenters. The lowest BCUT2D eigenvalue weighted by Crippen LogP contribution is -2.62. The molecule has 0 spiro atoms. The molecule has 4 aliphatic rings. The molecule has 4 fully saturated rings. The molecule has 0 amide bonds.